The second-order valence-electron chi connectivity index (χ2n) is 10.3. The van der Waals surface area contributed by atoms with E-state index in [1.807, 2.05) is 85.8 Å². The molecular formula is C35H37ClN4O4. The van der Waals surface area contributed by atoms with E-state index in [1.165, 1.54) is 6.07 Å². The van der Waals surface area contributed by atoms with Crippen molar-refractivity contribution in [3.05, 3.63) is 136 Å². The largest absolute Gasteiger partial charge is 0.494 e. The summed E-state index contributed by atoms with van der Waals surface area (Å²) in [5.41, 5.74) is 9.61. The fraction of sp³-hybridized carbons (Fsp3) is 0.229. The number of hydrogen-bond acceptors (Lipinski definition) is 5. The lowest BCUT2D eigenvalue weighted by Gasteiger charge is -2.24. The van der Waals surface area contributed by atoms with E-state index in [-0.39, 0.29) is 25.3 Å². The van der Waals surface area contributed by atoms with E-state index in [9.17, 15) is 14.4 Å². The predicted octanol–water partition coefficient (Wildman–Crippen LogP) is 4.58. The van der Waals surface area contributed by atoms with E-state index >= 15 is 0 Å². The molecule has 0 aliphatic carbocycles. The second kappa shape index (κ2) is 16.3. The minimum atomic E-state index is -0.977. The average Bonchev–Trinajstić information content (AvgIpc) is 3.04. The van der Waals surface area contributed by atoms with Crippen molar-refractivity contribution in [1.29, 1.82) is 0 Å². The summed E-state index contributed by atoms with van der Waals surface area (Å²) in [6.45, 7) is 3.15. The topological polar surface area (TPSA) is 123 Å². The summed E-state index contributed by atoms with van der Waals surface area (Å²) in [4.78, 5) is 40.5. The van der Waals surface area contributed by atoms with Crippen LogP contribution in [0.25, 0.3) is 0 Å². The molecule has 5 N–H and O–H groups in total. The maximum atomic E-state index is 13.8. The molecule has 0 aromatic heterocycles. The van der Waals surface area contributed by atoms with Gasteiger partial charge in [-0.15, -0.1) is 0 Å². The lowest BCUT2D eigenvalue weighted by Crippen LogP contribution is -2.55. The number of ether oxygens (including phenoxy) is 1. The first-order valence-electron chi connectivity index (χ1n) is 14.5. The fourth-order valence-corrected chi connectivity index (χ4v) is 4.83. The number of benzene rings is 4. The Kier molecular flexibility index (Phi) is 11.9. The molecule has 0 spiro atoms. The highest BCUT2D eigenvalue weighted by Gasteiger charge is 2.28. The highest BCUT2D eigenvalue weighted by Crippen LogP contribution is 2.15. The predicted molar refractivity (Wildman–Crippen MR) is 172 cm³/mol. The van der Waals surface area contributed by atoms with Crippen molar-refractivity contribution in [2.75, 3.05) is 6.61 Å². The van der Waals surface area contributed by atoms with Crippen LogP contribution in [0, 0.1) is 0 Å². The summed E-state index contributed by atoms with van der Waals surface area (Å²) >= 11 is 6.11. The average molecular weight is 613 g/mol. The smallest absolute Gasteiger partial charge is 0.251 e. The highest BCUT2D eigenvalue weighted by atomic mass is 35.5. The molecule has 4 aromatic carbocycles. The molecule has 8 nitrogen and oxygen atoms in total. The van der Waals surface area contributed by atoms with Crippen LogP contribution in [0.2, 0.25) is 5.02 Å². The van der Waals surface area contributed by atoms with Gasteiger partial charge in [0.2, 0.25) is 11.8 Å². The molecule has 4 rings (SSSR count). The molecule has 0 aliphatic heterocycles. The molecule has 0 saturated heterocycles. The van der Waals surface area contributed by atoms with Crippen molar-refractivity contribution in [3.63, 3.8) is 0 Å². The minimum Gasteiger partial charge on any atom is -0.494 e. The Hall–Kier alpha value is -4.66. The third-order valence-corrected chi connectivity index (χ3v) is 7.26. The number of hydrogen-bond donors (Lipinski definition) is 4. The van der Waals surface area contributed by atoms with Gasteiger partial charge in [-0.05, 0) is 59.5 Å². The molecule has 9 heteroatoms. The van der Waals surface area contributed by atoms with Gasteiger partial charge in [0.05, 0.1) is 6.61 Å². The van der Waals surface area contributed by atoms with Crippen LogP contribution in [-0.2, 0) is 35.5 Å². The van der Waals surface area contributed by atoms with E-state index in [0.29, 0.717) is 29.5 Å². The zero-order chi connectivity index (χ0) is 31.3. The number of amides is 3. The third kappa shape index (κ3) is 9.69. The SMILES string of the molecule is CCOc1ccc(C[C@@H](NC(=O)c2cccc(Cl)c2)C(=O)N[C@@H](Cc2ccccc2)C(=O)NCc2ccc(CN)cc2)cc1. The number of nitrogens with one attached hydrogen (secondary N) is 3. The first kappa shape index (κ1) is 32.3. The maximum Gasteiger partial charge on any atom is 0.251 e. The number of nitrogens with two attached hydrogens (primary N) is 1. The van der Waals surface area contributed by atoms with Gasteiger partial charge in [0, 0.05) is 36.5 Å². The Bertz CT molecular complexity index is 1530. The second-order valence-corrected chi connectivity index (χ2v) is 10.7. The van der Waals surface area contributed by atoms with Gasteiger partial charge in [-0.1, -0.05) is 84.4 Å². The first-order valence-corrected chi connectivity index (χ1v) is 14.9. The number of halogens is 1. The van der Waals surface area contributed by atoms with E-state index < -0.39 is 23.9 Å². The number of rotatable bonds is 14. The van der Waals surface area contributed by atoms with Crippen LogP contribution in [0.5, 0.6) is 5.75 Å². The summed E-state index contributed by atoms with van der Waals surface area (Å²) in [5, 5.41) is 9.10. The fourth-order valence-electron chi connectivity index (χ4n) is 4.64. The van der Waals surface area contributed by atoms with Gasteiger partial charge in [-0.25, -0.2) is 0 Å². The molecular weight excluding hydrogens is 576 g/mol. The van der Waals surface area contributed by atoms with Crippen molar-refractivity contribution in [2.24, 2.45) is 5.73 Å². The van der Waals surface area contributed by atoms with Crippen LogP contribution in [0.3, 0.4) is 0 Å². The minimum absolute atomic E-state index is 0.192. The Morgan fingerprint density at radius 2 is 1.34 bits per heavy atom. The molecule has 44 heavy (non-hydrogen) atoms. The Morgan fingerprint density at radius 3 is 1.98 bits per heavy atom. The van der Waals surface area contributed by atoms with Gasteiger partial charge in [0.25, 0.3) is 5.91 Å². The lowest BCUT2D eigenvalue weighted by atomic mass is 10.0. The molecule has 0 radical (unpaired) electrons. The molecule has 3 amide bonds. The van der Waals surface area contributed by atoms with Crippen molar-refractivity contribution in [2.45, 2.75) is 44.9 Å². The zero-order valence-electron chi connectivity index (χ0n) is 24.6. The van der Waals surface area contributed by atoms with Crippen LogP contribution in [0.15, 0.2) is 103 Å². The van der Waals surface area contributed by atoms with Gasteiger partial charge in [-0.3, -0.25) is 14.4 Å². The summed E-state index contributed by atoms with van der Waals surface area (Å²) < 4.78 is 5.54. The maximum absolute atomic E-state index is 13.8. The zero-order valence-corrected chi connectivity index (χ0v) is 25.3. The van der Waals surface area contributed by atoms with Crippen molar-refractivity contribution in [3.8, 4) is 5.75 Å². The Balaban J connectivity index is 1.54. The molecule has 4 aromatic rings. The Morgan fingerprint density at radius 1 is 0.727 bits per heavy atom. The summed E-state index contributed by atoms with van der Waals surface area (Å²) in [6, 6.07) is 29.1. The molecule has 2 atom stereocenters. The molecule has 0 bridgehead atoms. The van der Waals surface area contributed by atoms with Crippen LogP contribution < -0.4 is 26.4 Å². The summed E-state index contributed by atoms with van der Waals surface area (Å²) in [5.74, 6) is -0.579. The molecule has 228 valence electrons. The van der Waals surface area contributed by atoms with Gasteiger partial charge >= 0.3 is 0 Å². The van der Waals surface area contributed by atoms with Gasteiger partial charge < -0.3 is 26.4 Å². The van der Waals surface area contributed by atoms with Gasteiger partial charge in [-0.2, -0.15) is 0 Å². The molecule has 0 saturated carbocycles. The quantitative estimate of drug-likeness (QED) is 0.166. The van der Waals surface area contributed by atoms with Crippen molar-refractivity contribution >= 4 is 29.3 Å². The van der Waals surface area contributed by atoms with Gasteiger partial charge in [0.1, 0.15) is 17.8 Å². The van der Waals surface area contributed by atoms with E-state index in [2.05, 4.69) is 16.0 Å². The van der Waals surface area contributed by atoms with Crippen molar-refractivity contribution in [1.82, 2.24) is 16.0 Å². The monoisotopic (exact) mass is 612 g/mol. The van der Waals surface area contributed by atoms with E-state index in [1.54, 1.807) is 18.2 Å². The summed E-state index contributed by atoms with van der Waals surface area (Å²) in [7, 11) is 0. The lowest BCUT2D eigenvalue weighted by molar-refractivity contribution is -0.130. The van der Waals surface area contributed by atoms with Gasteiger partial charge in [0.15, 0.2) is 0 Å². The van der Waals surface area contributed by atoms with Crippen LogP contribution in [-0.4, -0.2) is 36.4 Å². The molecule has 0 aliphatic rings. The molecule has 0 fully saturated rings. The standard InChI is InChI=1S/C35H37ClN4O4/c1-2-44-30-17-15-25(16-18-30)20-32(39-33(41)28-9-6-10-29(36)21-28)35(43)40-31(19-24-7-4-3-5-8-24)34(42)38-23-27-13-11-26(22-37)12-14-27/h3-18,21,31-32H,2,19-20,22-23,37H2,1H3,(H,38,42)(H,39,41)(H,40,43)/t31-,32+/m0/s1. The van der Waals surface area contributed by atoms with Crippen molar-refractivity contribution < 1.29 is 19.1 Å². The van der Waals surface area contributed by atoms with E-state index in [4.69, 9.17) is 22.1 Å². The highest BCUT2D eigenvalue weighted by molar-refractivity contribution is 6.31. The molecule has 0 unspecified atom stereocenters. The van der Waals surface area contributed by atoms with Crippen LogP contribution in [0.1, 0.15) is 39.5 Å². The Labute approximate surface area is 263 Å². The molecule has 0 heterocycles. The third-order valence-electron chi connectivity index (χ3n) is 7.02. The number of carbonyl (C=O) groups is 3. The number of carbonyl (C=O) groups excluding carboxylic acids is 3. The van der Waals surface area contributed by atoms with Crippen LogP contribution >= 0.6 is 11.6 Å². The normalized spacial score (nSPS) is 12.1. The summed E-state index contributed by atoms with van der Waals surface area (Å²) in [6.07, 6.45) is 0.459. The van der Waals surface area contributed by atoms with Crippen LogP contribution in [0.4, 0.5) is 0 Å². The first-order chi connectivity index (χ1) is 21.3. The van der Waals surface area contributed by atoms with E-state index in [0.717, 1.165) is 22.3 Å².